The molecule has 0 bridgehead atoms. The maximum Gasteiger partial charge on any atom is 0.389 e. The molecule has 1 N–H and O–H groups in total. The van der Waals surface area contributed by atoms with Crippen molar-refractivity contribution >= 4 is 0 Å². The summed E-state index contributed by atoms with van der Waals surface area (Å²) < 4.78 is 39.0. The van der Waals surface area contributed by atoms with Crippen LogP contribution in [-0.4, -0.2) is 28.5 Å². The Hall–Kier alpha value is -1.04. The van der Waals surface area contributed by atoms with Gasteiger partial charge in [-0.1, -0.05) is 20.8 Å². The van der Waals surface area contributed by atoms with Gasteiger partial charge < -0.3 is 5.32 Å². The average Bonchev–Trinajstić information content (AvgIpc) is 2.85. The summed E-state index contributed by atoms with van der Waals surface area (Å²) in [4.78, 5) is 0. The maximum atomic E-state index is 12.3. The zero-order valence-electron chi connectivity index (χ0n) is 13.1. The quantitative estimate of drug-likeness (QED) is 0.744. The van der Waals surface area contributed by atoms with Crippen molar-refractivity contribution < 1.29 is 13.2 Å². The van der Waals surface area contributed by atoms with E-state index in [-0.39, 0.29) is 12.5 Å². The van der Waals surface area contributed by atoms with Crippen molar-refractivity contribution in [3.05, 3.63) is 18.0 Å². The van der Waals surface area contributed by atoms with Crippen molar-refractivity contribution in [3.8, 4) is 0 Å². The first-order valence-corrected chi connectivity index (χ1v) is 7.73. The summed E-state index contributed by atoms with van der Waals surface area (Å²) >= 11 is 0. The molecule has 1 aromatic heterocycles. The number of halogens is 3. The molecule has 6 heteroatoms. The number of nitrogens with one attached hydrogen (secondary N) is 1. The summed E-state index contributed by atoms with van der Waals surface area (Å²) in [6.07, 6.45) is -0.281. The van der Waals surface area contributed by atoms with E-state index in [1.165, 1.54) is 0 Å². The van der Waals surface area contributed by atoms with Gasteiger partial charge in [-0.05, 0) is 31.9 Å². The number of nitrogens with zero attached hydrogens (tertiary/aromatic N) is 2. The van der Waals surface area contributed by atoms with Crippen molar-refractivity contribution in [2.45, 2.75) is 71.1 Å². The molecule has 0 fully saturated rings. The van der Waals surface area contributed by atoms with Gasteiger partial charge in [0.1, 0.15) is 0 Å². The van der Waals surface area contributed by atoms with E-state index in [1.807, 2.05) is 23.9 Å². The van der Waals surface area contributed by atoms with Crippen LogP contribution in [0.15, 0.2) is 12.3 Å². The predicted molar refractivity (Wildman–Crippen MR) is 78.3 cm³/mol. The van der Waals surface area contributed by atoms with Crippen LogP contribution in [0.2, 0.25) is 0 Å². The molecule has 0 aliphatic heterocycles. The fourth-order valence-corrected chi connectivity index (χ4v) is 2.51. The van der Waals surface area contributed by atoms with Crippen molar-refractivity contribution in [2.75, 3.05) is 6.54 Å². The van der Waals surface area contributed by atoms with E-state index in [2.05, 4.69) is 24.3 Å². The number of aromatic nitrogens is 2. The molecule has 122 valence electrons. The average molecular weight is 305 g/mol. The molecule has 0 aliphatic rings. The van der Waals surface area contributed by atoms with Crippen LogP contribution in [0.3, 0.4) is 0 Å². The van der Waals surface area contributed by atoms with Crippen LogP contribution in [0.1, 0.15) is 58.2 Å². The fraction of sp³-hybridized carbons (Fsp3) is 0.800. The molecule has 0 aromatic carbocycles. The molecule has 0 aliphatic carbocycles. The fourth-order valence-electron chi connectivity index (χ4n) is 2.51. The van der Waals surface area contributed by atoms with Gasteiger partial charge in [-0.3, -0.25) is 4.68 Å². The summed E-state index contributed by atoms with van der Waals surface area (Å²) in [5.41, 5.74) is 0.857. The Bertz CT molecular complexity index is 397. The maximum absolute atomic E-state index is 12.3. The molecule has 21 heavy (non-hydrogen) atoms. The summed E-state index contributed by atoms with van der Waals surface area (Å²) in [7, 11) is 0. The lowest BCUT2D eigenvalue weighted by atomic mass is 10.1. The lowest BCUT2D eigenvalue weighted by Crippen LogP contribution is -2.32. The van der Waals surface area contributed by atoms with Crippen molar-refractivity contribution in [1.29, 1.82) is 0 Å². The van der Waals surface area contributed by atoms with Crippen molar-refractivity contribution in [2.24, 2.45) is 0 Å². The van der Waals surface area contributed by atoms with Crippen LogP contribution < -0.4 is 5.32 Å². The second-order valence-corrected chi connectivity index (χ2v) is 5.37. The number of hydrogen-bond acceptors (Lipinski definition) is 2. The molecule has 0 amide bonds. The van der Waals surface area contributed by atoms with Gasteiger partial charge >= 0.3 is 6.18 Å². The lowest BCUT2D eigenvalue weighted by Gasteiger charge is -2.18. The van der Waals surface area contributed by atoms with Crippen LogP contribution >= 0.6 is 0 Å². The van der Waals surface area contributed by atoms with Gasteiger partial charge in [0.15, 0.2) is 0 Å². The van der Waals surface area contributed by atoms with Gasteiger partial charge in [0.05, 0.1) is 11.7 Å². The topological polar surface area (TPSA) is 29.9 Å². The summed E-state index contributed by atoms with van der Waals surface area (Å²) in [5.74, 6) is 0. The number of hydrogen-bond donors (Lipinski definition) is 1. The first kappa shape index (κ1) is 18.0. The van der Waals surface area contributed by atoms with Gasteiger partial charge in [-0.25, -0.2) is 0 Å². The van der Waals surface area contributed by atoms with E-state index in [0.717, 1.165) is 18.5 Å². The largest absolute Gasteiger partial charge is 0.389 e. The molecule has 0 radical (unpaired) electrons. The van der Waals surface area contributed by atoms with Gasteiger partial charge in [0.25, 0.3) is 0 Å². The van der Waals surface area contributed by atoms with E-state index >= 15 is 0 Å². The van der Waals surface area contributed by atoms with Crippen molar-refractivity contribution in [1.82, 2.24) is 15.1 Å². The Morgan fingerprint density at radius 2 is 1.90 bits per heavy atom. The third kappa shape index (κ3) is 6.50. The minimum absolute atomic E-state index is 0.0924. The molecular weight excluding hydrogens is 279 g/mol. The molecule has 0 spiro atoms. The third-order valence-corrected chi connectivity index (χ3v) is 3.70. The number of rotatable bonds is 9. The van der Waals surface area contributed by atoms with E-state index < -0.39 is 12.6 Å². The second kappa shape index (κ2) is 8.41. The van der Waals surface area contributed by atoms with Crippen LogP contribution in [-0.2, 0) is 6.42 Å². The van der Waals surface area contributed by atoms with Crippen LogP contribution in [0.25, 0.3) is 0 Å². The highest BCUT2D eigenvalue weighted by Gasteiger charge is 2.28. The molecule has 1 aromatic rings. The van der Waals surface area contributed by atoms with E-state index in [4.69, 9.17) is 0 Å². The zero-order valence-corrected chi connectivity index (χ0v) is 13.1. The highest BCUT2D eigenvalue weighted by molar-refractivity contribution is 5.02. The van der Waals surface area contributed by atoms with Gasteiger partial charge in [0, 0.05) is 25.1 Å². The molecule has 0 saturated heterocycles. The normalized spacial score (nSPS) is 13.9. The molecule has 1 unspecified atom stereocenters. The number of alkyl halides is 3. The molecule has 1 rings (SSSR count). The van der Waals surface area contributed by atoms with Crippen LogP contribution in [0, 0.1) is 0 Å². The SMILES string of the molecule is CCNC(CCC(F)(F)F)Cc1ccn(C(CC)CC)n1. The summed E-state index contributed by atoms with van der Waals surface area (Å²) in [5, 5.41) is 7.64. The first-order chi connectivity index (χ1) is 9.89. The Kier molecular flexibility index (Phi) is 7.22. The molecular formula is C15H26F3N3. The molecule has 1 atom stereocenters. The van der Waals surface area contributed by atoms with Crippen LogP contribution in [0.5, 0.6) is 0 Å². The molecule has 3 nitrogen and oxygen atoms in total. The van der Waals surface area contributed by atoms with E-state index in [1.54, 1.807) is 0 Å². The van der Waals surface area contributed by atoms with Gasteiger partial charge in [-0.15, -0.1) is 0 Å². The summed E-state index contributed by atoms with van der Waals surface area (Å²) in [6.45, 7) is 6.79. The first-order valence-electron chi connectivity index (χ1n) is 7.73. The summed E-state index contributed by atoms with van der Waals surface area (Å²) in [6, 6.07) is 2.10. The van der Waals surface area contributed by atoms with Gasteiger partial charge in [0.2, 0.25) is 0 Å². The highest BCUT2D eigenvalue weighted by atomic mass is 19.4. The zero-order chi connectivity index (χ0) is 15.9. The third-order valence-electron chi connectivity index (χ3n) is 3.70. The minimum Gasteiger partial charge on any atom is -0.314 e. The monoisotopic (exact) mass is 305 g/mol. The molecule has 0 saturated carbocycles. The predicted octanol–water partition coefficient (Wildman–Crippen LogP) is 4.11. The minimum atomic E-state index is -4.09. The highest BCUT2D eigenvalue weighted by Crippen LogP contribution is 2.23. The smallest absolute Gasteiger partial charge is 0.314 e. The van der Waals surface area contributed by atoms with E-state index in [0.29, 0.717) is 19.0 Å². The lowest BCUT2D eigenvalue weighted by molar-refractivity contribution is -0.136. The Morgan fingerprint density at radius 1 is 1.24 bits per heavy atom. The Balaban J connectivity index is 2.62. The number of likely N-dealkylation sites (N-methyl/N-ethyl adjacent to an activating group) is 1. The second-order valence-electron chi connectivity index (χ2n) is 5.37. The Labute approximate surface area is 124 Å². The van der Waals surface area contributed by atoms with E-state index in [9.17, 15) is 13.2 Å². The molecule has 1 heterocycles. The van der Waals surface area contributed by atoms with Crippen LogP contribution in [0.4, 0.5) is 13.2 Å². The van der Waals surface area contributed by atoms with Crippen molar-refractivity contribution in [3.63, 3.8) is 0 Å². The van der Waals surface area contributed by atoms with Gasteiger partial charge in [-0.2, -0.15) is 18.3 Å². The Morgan fingerprint density at radius 3 is 2.43 bits per heavy atom. The standard InChI is InChI=1S/C15H26F3N3/c1-4-14(5-2)21-10-8-13(20-21)11-12(19-6-3)7-9-15(16,17)18/h8,10,12,14,19H,4-7,9,11H2,1-3H3.